The van der Waals surface area contributed by atoms with Crippen molar-refractivity contribution in [3.8, 4) is 5.69 Å². The molecule has 2 aromatic rings. The molecule has 0 saturated heterocycles. The minimum atomic E-state index is 0.0414. The van der Waals surface area contributed by atoms with Gasteiger partial charge in [-0.3, -0.25) is 4.79 Å². The van der Waals surface area contributed by atoms with E-state index in [-0.39, 0.29) is 18.0 Å². The number of benzene rings is 1. The van der Waals surface area contributed by atoms with Crippen LogP contribution in [0.4, 0.5) is 0 Å². The lowest BCUT2D eigenvalue weighted by Gasteiger charge is -2.30. The van der Waals surface area contributed by atoms with Crippen LogP contribution in [-0.4, -0.2) is 32.7 Å². The number of hydrogen-bond donors (Lipinski definition) is 0. The number of carbonyl (C=O) groups excluding carboxylic acids is 1. The van der Waals surface area contributed by atoms with Crippen molar-refractivity contribution in [3.63, 3.8) is 0 Å². The fraction of sp³-hybridized carbons (Fsp3) is 0.412. The van der Waals surface area contributed by atoms with E-state index in [9.17, 15) is 4.79 Å². The topological polar surface area (TPSA) is 38.1 Å². The molecular weight excluding hydrogens is 262 g/mol. The second kappa shape index (κ2) is 6.12. The monoisotopic (exact) mass is 285 g/mol. The van der Waals surface area contributed by atoms with Gasteiger partial charge in [-0.05, 0) is 46.8 Å². The minimum absolute atomic E-state index is 0.0414. The fourth-order valence-corrected chi connectivity index (χ4v) is 2.65. The molecule has 0 saturated carbocycles. The smallest absolute Gasteiger partial charge is 0.257 e. The summed E-state index contributed by atoms with van der Waals surface area (Å²) in [5, 5.41) is 4.38. The fourth-order valence-electron chi connectivity index (χ4n) is 2.65. The summed E-state index contributed by atoms with van der Waals surface area (Å²) in [6, 6.07) is 10.2. The van der Waals surface area contributed by atoms with Crippen LogP contribution in [0.25, 0.3) is 5.69 Å². The Morgan fingerprint density at radius 2 is 1.67 bits per heavy atom. The SMILES string of the molecule is Cc1c(C(=O)N(C(C)C)C(C)C)cnn1-c1ccccc1. The molecule has 4 nitrogen and oxygen atoms in total. The zero-order chi connectivity index (χ0) is 15.6. The molecule has 112 valence electrons. The van der Waals surface area contributed by atoms with Crippen molar-refractivity contribution in [2.24, 2.45) is 0 Å². The summed E-state index contributed by atoms with van der Waals surface area (Å²) < 4.78 is 1.81. The predicted molar refractivity (Wildman–Crippen MR) is 84.7 cm³/mol. The van der Waals surface area contributed by atoms with Gasteiger partial charge in [-0.1, -0.05) is 18.2 Å². The number of amides is 1. The van der Waals surface area contributed by atoms with Gasteiger partial charge >= 0.3 is 0 Å². The van der Waals surface area contributed by atoms with Crippen molar-refractivity contribution in [3.05, 3.63) is 47.8 Å². The zero-order valence-electron chi connectivity index (χ0n) is 13.4. The molecule has 0 aliphatic rings. The Morgan fingerprint density at radius 1 is 1.10 bits per heavy atom. The maximum Gasteiger partial charge on any atom is 0.257 e. The van der Waals surface area contributed by atoms with Crippen LogP contribution in [-0.2, 0) is 0 Å². The van der Waals surface area contributed by atoms with E-state index < -0.39 is 0 Å². The standard InChI is InChI=1S/C17H23N3O/c1-12(2)19(13(3)4)17(21)16-11-18-20(14(16)5)15-9-7-6-8-10-15/h6-13H,1-5H3. The zero-order valence-corrected chi connectivity index (χ0v) is 13.4. The lowest BCUT2D eigenvalue weighted by atomic mass is 10.1. The third-order valence-corrected chi connectivity index (χ3v) is 3.59. The molecule has 4 heteroatoms. The van der Waals surface area contributed by atoms with Crippen molar-refractivity contribution in [1.82, 2.24) is 14.7 Å². The molecule has 0 aliphatic carbocycles. The highest BCUT2D eigenvalue weighted by atomic mass is 16.2. The summed E-state index contributed by atoms with van der Waals surface area (Å²) in [4.78, 5) is 14.7. The molecule has 0 aliphatic heterocycles. The van der Waals surface area contributed by atoms with Crippen LogP contribution in [0.15, 0.2) is 36.5 Å². The van der Waals surface area contributed by atoms with Crippen LogP contribution in [0.3, 0.4) is 0 Å². The summed E-state index contributed by atoms with van der Waals surface area (Å²) in [5.41, 5.74) is 2.51. The Labute approximate surface area is 126 Å². The van der Waals surface area contributed by atoms with Gasteiger partial charge in [-0.2, -0.15) is 5.10 Å². The number of para-hydroxylation sites is 1. The van der Waals surface area contributed by atoms with Crippen LogP contribution in [0.1, 0.15) is 43.7 Å². The average molecular weight is 285 g/mol. The molecule has 0 radical (unpaired) electrons. The van der Waals surface area contributed by atoms with Crippen LogP contribution >= 0.6 is 0 Å². The Hall–Kier alpha value is -2.10. The van der Waals surface area contributed by atoms with Gasteiger partial charge < -0.3 is 4.90 Å². The molecule has 1 heterocycles. The lowest BCUT2D eigenvalue weighted by molar-refractivity contribution is 0.0643. The van der Waals surface area contributed by atoms with E-state index in [4.69, 9.17) is 0 Å². The van der Waals surface area contributed by atoms with Gasteiger partial charge in [0.05, 0.1) is 23.1 Å². The van der Waals surface area contributed by atoms with E-state index in [0.717, 1.165) is 11.4 Å². The molecule has 1 amide bonds. The molecule has 0 bridgehead atoms. The largest absolute Gasteiger partial charge is 0.334 e. The first-order chi connectivity index (χ1) is 9.93. The van der Waals surface area contributed by atoms with Crippen molar-refractivity contribution < 1.29 is 4.79 Å². The normalized spacial score (nSPS) is 11.2. The molecule has 2 rings (SSSR count). The van der Waals surface area contributed by atoms with Crippen LogP contribution in [0.5, 0.6) is 0 Å². The Kier molecular flexibility index (Phi) is 4.46. The highest BCUT2D eigenvalue weighted by Crippen LogP contribution is 2.18. The predicted octanol–water partition coefficient (Wildman–Crippen LogP) is 3.44. The quantitative estimate of drug-likeness (QED) is 0.863. The van der Waals surface area contributed by atoms with Gasteiger partial charge in [-0.15, -0.1) is 0 Å². The summed E-state index contributed by atoms with van der Waals surface area (Å²) in [6.45, 7) is 10.1. The van der Waals surface area contributed by atoms with E-state index in [0.29, 0.717) is 5.56 Å². The van der Waals surface area contributed by atoms with Crippen molar-refractivity contribution in [1.29, 1.82) is 0 Å². The molecule has 0 unspecified atom stereocenters. The number of nitrogens with zero attached hydrogens (tertiary/aromatic N) is 3. The molecule has 0 N–H and O–H groups in total. The number of aromatic nitrogens is 2. The van der Waals surface area contributed by atoms with Crippen LogP contribution < -0.4 is 0 Å². The third kappa shape index (κ3) is 2.99. The maximum atomic E-state index is 12.8. The van der Waals surface area contributed by atoms with Gasteiger partial charge in [0.25, 0.3) is 5.91 Å². The van der Waals surface area contributed by atoms with E-state index >= 15 is 0 Å². The molecule has 1 aromatic carbocycles. The van der Waals surface area contributed by atoms with E-state index in [2.05, 4.69) is 5.10 Å². The first-order valence-corrected chi connectivity index (χ1v) is 7.36. The first kappa shape index (κ1) is 15.3. The lowest BCUT2D eigenvalue weighted by Crippen LogP contribution is -2.42. The number of hydrogen-bond acceptors (Lipinski definition) is 2. The molecule has 21 heavy (non-hydrogen) atoms. The van der Waals surface area contributed by atoms with Crippen molar-refractivity contribution in [2.45, 2.75) is 46.7 Å². The van der Waals surface area contributed by atoms with E-state index in [1.54, 1.807) is 6.20 Å². The number of rotatable bonds is 4. The molecular formula is C17H23N3O. The first-order valence-electron chi connectivity index (χ1n) is 7.36. The van der Waals surface area contributed by atoms with E-state index in [1.807, 2.05) is 74.5 Å². The number of carbonyl (C=O) groups is 1. The Morgan fingerprint density at radius 3 is 2.19 bits per heavy atom. The van der Waals surface area contributed by atoms with Crippen LogP contribution in [0, 0.1) is 6.92 Å². The van der Waals surface area contributed by atoms with E-state index in [1.165, 1.54) is 0 Å². The second-order valence-corrected chi connectivity index (χ2v) is 5.79. The van der Waals surface area contributed by atoms with Crippen molar-refractivity contribution >= 4 is 5.91 Å². The molecule has 0 spiro atoms. The summed E-state index contributed by atoms with van der Waals surface area (Å²) >= 11 is 0. The Balaban J connectivity index is 2.38. The maximum absolute atomic E-state index is 12.8. The van der Waals surface area contributed by atoms with Gasteiger partial charge in [-0.25, -0.2) is 4.68 Å². The second-order valence-electron chi connectivity index (χ2n) is 5.79. The van der Waals surface area contributed by atoms with Gasteiger partial charge in [0.1, 0.15) is 0 Å². The summed E-state index contributed by atoms with van der Waals surface area (Å²) in [6.07, 6.45) is 1.67. The molecule has 0 atom stereocenters. The summed E-state index contributed by atoms with van der Waals surface area (Å²) in [5.74, 6) is 0.0414. The Bertz CT molecular complexity index is 606. The van der Waals surface area contributed by atoms with Gasteiger partial charge in [0.15, 0.2) is 0 Å². The highest BCUT2D eigenvalue weighted by Gasteiger charge is 2.25. The highest BCUT2D eigenvalue weighted by molar-refractivity contribution is 5.95. The van der Waals surface area contributed by atoms with Gasteiger partial charge in [0.2, 0.25) is 0 Å². The average Bonchev–Trinajstić information content (AvgIpc) is 2.80. The van der Waals surface area contributed by atoms with Crippen LogP contribution in [0.2, 0.25) is 0 Å². The molecule has 0 fully saturated rings. The van der Waals surface area contributed by atoms with Crippen molar-refractivity contribution in [2.75, 3.05) is 0 Å². The minimum Gasteiger partial charge on any atom is -0.334 e. The van der Waals surface area contributed by atoms with Gasteiger partial charge in [0, 0.05) is 12.1 Å². The molecule has 1 aromatic heterocycles. The summed E-state index contributed by atoms with van der Waals surface area (Å²) in [7, 11) is 0. The third-order valence-electron chi connectivity index (χ3n) is 3.59.